The van der Waals surface area contributed by atoms with Gasteiger partial charge in [0.25, 0.3) is 0 Å². The minimum Gasteiger partial charge on any atom is -0.329 e. The molecule has 12 heavy (non-hydrogen) atoms. The maximum absolute atomic E-state index is 11.5. The smallest absolute Gasteiger partial charge is 0.139 e. The molecule has 0 heterocycles. The number of Topliss-reactive ketones (excluding diaryl/α,β-unsaturated/α-hetero) is 1. The third-order valence-corrected chi connectivity index (χ3v) is 2.08. The van der Waals surface area contributed by atoms with E-state index in [9.17, 15) is 4.79 Å². The van der Waals surface area contributed by atoms with Crippen molar-refractivity contribution in [3.8, 4) is 0 Å². The molecule has 0 spiro atoms. The van der Waals surface area contributed by atoms with Crippen LogP contribution in [-0.2, 0) is 4.79 Å². The minimum absolute atomic E-state index is 0.256. The van der Waals surface area contributed by atoms with Crippen LogP contribution < -0.4 is 5.73 Å². The summed E-state index contributed by atoms with van der Waals surface area (Å²) in [6.07, 6.45) is 4.26. The fourth-order valence-corrected chi connectivity index (χ4v) is 0.859. The molecule has 70 valence electrons. The molecule has 0 bridgehead atoms. The van der Waals surface area contributed by atoms with Gasteiger partial charge in [-0.15, -0.1) is 6.58 Å². The first-order valence-electron chi connectivity index (χ1n) is 4.39. The van der Waals surface area contributed by atoms with Crippen LogP contribution in [0, 0.1) is 5.41 Å². The summed E-state index contributed by atoms with van der Waals surface area (Å²) in [7, 11) is 0. The van der Waals surface area contributed by atoms with Crippen molar-refractivity contribution in [3.05, 3.63) is 12.7 Å². The van der Waals surface area contributed by atoms with Crippen LogP contribution in [0.25, 0.3) is 0 Å². The molecule has 2 N–H and O–H groups in total. The van der Waals surface area contributed by atoms with E-state index in [1.807, 2.05) is 19.9 Å². The maximum atomic E-state index is 11.5. The topological polar surface area (TPSA) is 43.1 Å². The molecule has 0 saturated carbocycles. The lowest BCUT2D eigenvalue weighted by Crippen LogP contribution is -2.32. The Bertz CT molecular complexity index is 161. The van der Waals surface area contributed by atoms with Gasteiger partial charge in [0.2, 0.25) is 0 Å². The summed E-state index contributed by atoms with van der Waals surface area (Å²) < 4.78 is 0. The van der Waals surface area contributed by atoms with E-state index in [4.69, 9.17) is 5.73 Å². The zero-order valence-electron chi connectivity index (χ0n) is 8.10. The number of hydrogen-bond donors (Lipinski definition) is 1. The molecule has 0 aliphatic carbocycles. The van der Waals surface area contributed by atoms with E-state index in [1.54, 1.807) is 0 Å². The van der Waals surface area contributed by atoms with E-state index in [0.717, 1.165) is 12.8 Å². The largest absolute Gasteiger partial charge is 0.329 e. The van der Waals surface area contributed by atoms with Gasteiger partial charge in [0, 0.05) is 18.4 Å². The average Bonchev–Trinajstić information content (AvgIpc) is 2.05. The van der Waals surface area contributed by atoms with Crippen molar-refractivity contribution in [2.45, 2.75) is 33.1 Å². The molecule has 0 aromatic carbocycles. The second kappa shape index (κ2) is 5.09. The van der Waals surface area contributed by atoms with Crippen molar-refractivity contribution in [1.82, 2.24) is 0 Å². The molecule has 0 saturated heterocycles. The Labute approximate surface area is 74.8 Å². The van der Waals surface area contributed by atoms with Gasteiger partial charge in [-0.2, -0.15) is 0 Å². The first kappa shape index (κ1) is 11.4. The molecule has 0 radical (unpaired) electrons. The molecule has 0 aromatic heterocycles. The second-order valence-corrected chi connectivity index (χ2v) is 3.69. The Morgan fingerprint density at radius 3 is 2.58 bits per heavy atom. The molecule has 0 rings (SSSR count). The molecule has 2 heteroatoms. The Hall–Kier alpha value is -0.630. The number of unbranched alkanes of at least 4 members (excludes halogenated alkanes) is 1. The number of nitrogens with two attached hydrogens (primary N) is 1. The number of ketones is 1. The van der Waals surface area contributed by atoms with Gasteiger partial charge in [-0.3, -0.25) is 4.79 Å². The molecule has 0 unspecified atom stereocenters. The summed E-state index contributed by atoms with van der Waals surface area (Å²) in [5.74, 6) is 0.256. The standard InChI is InChI=1S/C10H19NO/c1-4-5-6-7-9(12)10(2,3)8-11/h4H,1,5-8,11H2,2-3H3. The normalized spacial score (nSPS) is 11.2. The van der Waals surface area contributed by atoms with Crippen molar-refractivity contribution >= 4 is 5.78 Å². The van der Waals surface area contributed by atoms with Gasteiger partial charge < -0.3 is 5.73 Å². The van der Waals surface area contributed by atoms with E-state index in [1.165, 1.54) is 0 Å². The predicted octanol–water partition coefficient (Wildman–Crippen LogP) is 1.90. The minimum atomic E-state index is -0.346. The van der Waals surface area contributed by atoms with Gasteiger partial charge in [-0.1, -0.05) is 19.9 Å². The van der Waals surface area contributed by atoms with Crippen LogP contribution in [0.1, 0.15) is 33.1 Å². The zero-order chi connectivity index (χ0) is 9.61. The highest BCUT2D eigenvalue weighted by molar-refractivity contribution is 5.84. The Morgan fingerprint density at radius 1 is 1.58 bits per heavy atom. The third-order valence-electron chi connectivity index (χ3n) is 2.08. The first-order chi connectivity index (χ1) is 5.54. The van der Waals surface area contributed by atoms with Crippen LogP contribution in [-0.4, -0.2) is 12.3 Å². The maximum Gasteiger partial charge on any atom is 0.139 e. The van der Waals surface area contributed by atoms with Gasteiger partial charge in [-0.25, -0.2) is 0 Å². The highest BCUT2D eigenvalue weighted by atomic mass is 16.1. The molecule has 0 aromatic rings. The number of rotatable bonds is 6. The second-order valence-electron chi connectivity index (χ2n) is 3.69. The first-order valence-corrected chi connectivity index (χ1v) is 4.39. The summed E-state index contributed by atoms with van der Waals surface area (Å²) in [5.41, 5.74) is 5.12. The highest BCUT2D eigenvalue weighted by Crippen LogP contribution is 2.17. The summed E-state index contributed by atoms with van der Waals surface area (Å²) in [6, 6.07) is 0. The van der Waals surface area contributed by atoms with Gasteiger partial charge in [0.1, 0.15) is 5.78 Å². The van der Waals surface area contributed by atoms with Crippen LogP contribution in [0.3, 0.4) is 0 Å². The number of hydrogen-bond acceptors (Lipinski definition) is 2. The van der Waals surface area contributed by atoms with Crippen molar-refractivity contribution in [3.63, 3.8) is 0 Å². The summed E-state index contributed by atoms with van der Waals surface area (Å²) in [4.78, 5) is 11.5. The molecular formula is C10H19NO. The molecule has 0 aliphatic rings. The number of carbonyl (C=O) groups is 1. The van der Waals surface area contributed by atoms with E-state index in [-0.39, 0.29) is 11.2 Å². The van der Waals surface area contributed by atoms with Crippen molar-refractivity contribution < 1.29 is 4.79 Å². The van der Waals surface area contributed by atoms with Crippen LogP contribution in [0.4, 0.5) is 0 Å². The molecule has 0 aliphatic heterocycles. The van der Waals surface area contributed by atoms with Gasteiger partial charge in [0.05, 0.1) is 0 Å². The van der Waals surface area contributed by atoms with Gasteiger partial charge >= 0.3 is 0 Å². The zero-order valence-corrected chi connectivity index (χ0v) is 8.10. The molecular weight excluding hydrogens is 150 g/mol. The van der Waals surface area contributed by atoms with Gasteiger partial charge in [-0.05, 0) is 12.8 Å². The van der Waals surface area contributed by atoms with Crippen molar-refractivity contribution in [2.75, 3.05) is 6.54 Å². The lowest BCUT2D eigenvalue weighted by molar-refractivity contribution is -0.126. The quantitative estimate of drug-likeness (QED) is 0.487. The number of carbonyl (C=O) groups excluding carboxylic acids is 1. The molecule has 0 atom stereocenters. The Kier molecular flexibility index (Phi) is 4.83. The Balaban J connectivity index is 3.79. The molecule has 0 fully saturated rings. The van der Waals surface area contributed by atoms with Crippen LogP contribution in [0.5, 0.6) is 0 Å². The average molecular weight is 169 g/mol. The molecule has 0 amide bonds. The van der Waals surface area contributed by atoms with Gasteiger partial charge in [0.15, 0.2) is 0 Å². The monoisotopic (exact) mass is 169 g/mol. The highest BCUT2D eigenvalue weighted by Gasteiger charge is 2.24. The summed E-state index contributed by atoms with van der Waals surface area (Å²) in [6.45, 7) is 7.82. The number of allylic oxidation sites excluding steroid dienone is 1. The summed E-state index contributed by atoms with van der Waals surface area (Å²) >= 11 is 0. The van der Waals surface area contributed by atoms with Crippen molar-refractivity contribution in [1.29, 1.82) is 0 Å². The van der Waals surface area contributed by atoms with Crippen LogP contribution >= 0.6 is 0 Å². The fraction of sp³-hybridized carbons (Fsp3) is 0.700. The van der Waals surface area contributed by atoms with E-state index in [0.29, 0.717) is 13.0 Å². The lowest BCUT2D eigenvalue weighted by Gasteiger charge is -2.20. The Morgan fingerprint density at radius 2 is 2.17 bits per heavy atom. The third kappa shape index (κ3) is 3.67. The summed E-state index contributed by atoms with van der Waals surface area (Å²) in [5, 5.41) is 0. The SMILES string of the molecule is C=CCCCC(=O)C(C)(C)CN. The van der Waals surface area contributed by atoms with E-state index in [2.05, 4.69) is 6.58 Å². The van der Waals surface area contributed by atoms with Crippen LogP contribution in [0.15, 0.2) is 12.7 Å². The lowest BCUT2D eigenvalue weighted by atomic mass is 9.86. The molecule has 2 nitrogen and oxygen atoms in total. The predicted molar refractivity (Wildman–Crippen MR) is 51.9 cm³/mol. The van der Waals surface area contributed by atoms with E-state index >= 15 is 0 Å². The fourth-order valence-electron chi connectivity index (χ4n) is 0.859. The van der Waals surface area contributed by atoms with Crippen LogP contribution in [0.2, 0.25) is 0 Å². The van der Waals surface area contributed by atoms with Crippen molar-refractivity contribution in [2.24, 2.45) is 11.1 Å². The van der Waals surface area contributed by atoms with E-state index < -0.39 is 0 Å².